The van der Waals surface area contributed by atoms with Crippen LogP contribution in [0.2, 0.25) is 0 Å². The molecule has 1 aliphatic rings. The van der Waals surface area contributed by atoms with Crippen LogP contribution in [0.1, 0.15) is 26.7 Å². The van der Waals surface area contributed by atoms with Gasteiger partial charge in [0.1, 0.15) is 0 Å². The van der Waals surface area contributed by atoms with Crippen molar-refractivity contribution in [3.8, 4) is 0 Å². The van der Waals surface area contributed by atoms with Gasteiger partial charge in [-0.1, -0.05) is 13.8 Å². The Labute approximate surface area is 94.2 Å². The Bertz CT molecular complexity index is 156. The third-order valence-corrected chi connectivity index (χ3v) is 2.97. The Morgan fingerprint density at radius 1 is 1.33 bits per heavy atom. The molecule has 1 N–H and O–H groups in total. The normalized spacial score (nSPS) is 19.0. The van der Waals surface area contributed by atoms with Crippen LogP contribution in [0.5, 0.6) is 0 Å². The lowest BCUT2D eigenvalue weighted by Crippen LogP contribution is -2.42. The third-order valence-electron chi connectivity index (χ3n) is 2.97. The smallest absolute Gasteiger partial charge is 0.0593 e. The van der Waals surface area contributed by atoms with Crippen molar-refractivity contribution < 1.29 is 4.74 Å². The number of ether oxygens (including phenoxy) is 1. The lowest BCUT2D eigenvalue weighted by molar-refractivity contribution is 0.0762. The summed E-state index contributed by atoms with van der Waals surface area (Å²) in [6, 6.07) is 0.758. The molecule has 0 radical (unpaired) electrons. The Morgan fingerprint density at radius 3 is 2.60 bits per heavy atom. The van der Waals surface area contributed by atoms with Gasteiger partial charge in [0.25, 0.3) is 0 Å². The molecule has 0 spiro atoms. The lowest BCUT2D eigenvalue weighted by Gasteiger charge is -2.31. The largest absolute Gasteiger partial charge is 0.380 e. The molecule has 1 fully saturated rings. The first kappa shape index (κ1) is 12.9. The summed E-state index contributed by atoms with van der Waals surface area (Å²) in [5.41, 5.74) is 0. The van der Waals surface area contributed by atoms with Gasteiger partial charge in [-0.25, -0.2) is 0 Å². The van der Waals surface area contributed by atoms with Crippen molar-refractivity contribution >= 4 is 0 Å². The average Bonchev–Trinajstić information content (AvgIpc) is 2.25. The van der Waals surface area contributed by atoms with Gasteiger partial charge in [0.2, 0.25) is 0 Å². The standard InChI is InChI=1S/C12H26N2O/c1-11(2)10-15-9-8-14(3)12-4-6-13-7-5-12/h11-13H,4-10H2,1-3H3. The first-order valence-electron chi connectivity index (χ1n) is 6.19. The quantitative estimate of drug-likeness (QED) is 0.675. The molecule has 0 aromatic carbocycles. The zero-order valence-electron chi connectivity index (χ0n) is 10.5. The molecule has 1 saturated heterocycles. The van der Waals surface area contributed by atoms with E-state index in [9.17, 15) is 0 Å². The fraction of sp³-hybridized carbons (Fsp3) is 1.00. The monoisotopic (exact) mass is 214 g/mol. The maximum absolute atomic E-state index is 5.60. The van der Waals surface area contributed by atoms with Crippen LogP contribution in [-0.4, -0.2) is 50.8 Å². The summed E-state index contributed by atoms with van der Waals surface area (Å²) in [6.45, 7) is 9.55. The van der Waals surface area contributed by atoms with Gasteiger partial charge in [0, 0.05) is 19.2 Å². The first-order chi connectivity index (χ1) is 7.20. The van der Waals surface area contributed by atoms with Crippen molar-refractivity contribution in [2.75, 3.05) is 39.9 Å². The van der Waals surface area contributed by atoms with Gasteiger partial charge in [-0.3, -0.25) is 0 Å². The fourth-order valence-corrected chi connectivity index (χ4v) is 1.96. The molecule has 0 saturated carbocycles. The Kier molecular flexibility index (Phi) is 6.22. The Morgan fingerprint density at radius 2 is 2.00 bits per heavy atom. The third kappa shape index (κ3) is 5.50. The molecule has 0 unspecified atom stereocenters. The van der Waals surface area contributed by atoms with E-state index in [2.05, 4.69) is 31.1 Å². The first-order valence-corrected chi connectivity index (χ1v) is 6.19. The minimum Gasteiger partial charge on any atom is -0.380 e. The van der Waals surface area contributed by atoms with E-state index in [0.717, 1.165) is 25.8 Å². The van der Waals surface area contributed by atoms with E-state index < -0.39 is 0 Å². The minimum atomic E-state index is 0.647. The number of hydrogen-bond donors (Lipinski definition) is 1. The topological polar surface area (TPSA) is 24.5 Å². The molecule has 0 aromatic heterocycles. The number of rotatable bonds is 6. The van der Waals surface area contributed by atoms with Crippen molar-refractivity contribution in [2.45, 2.75) is 32.7 Å². The van der Waals surface area contributed by atoms with Crippen molar-refractivity contribution in [3.05, 3.63) is 0 Å². The predicted octanol–water partition coefficient (Wildman–Crippen LogP) is 1.34. The average molecular weight is 214 g/mol. The van der Waals surface area contributed by atoms with Gasteiger partial charge in [-0.15, -0.1) is 0 Å². The SMILES string of the molecule is CC(C)COCCN(C)C1CCNCC1. The van der Waals surface area contributed by atoms with Gasteiger partial charge in [-0.05, 0) is 38.9 Å². The fourth-order valence-electron chi connectivity index (χ4n) is 1.96. The van der Waals surface area contributed by atoms with Crippen LogP contribution in [0, 0.1) is 5.92 Å². The summed E-state index contributed by atoms with van der Waals surface area (Å²) < 4.78 is 5.60. The molecule has 3 heteroatoms. The summed E-state index contributed by atoms with van der Waals surface area (Å²) in [5, 5.41) is 3.39. The molecule has 0 amide bonds. The summed E-state index contributed by atoms with van der Waals surface area (Å²) in [4.78, 5) is 2.45. The van der Waals surface area contributed by atoms with Crippen molar-refractivity contribution in [1.82, 2.24) is 10.2 Å². The number of hydrogen-bond acceptors (Lipinski definition) is 3. The Balaban J connectivity index is 2.04. The number of nitrogens with zero attached hydrogens (tertiary/aromatic N) is 1. The summed E-state index contributed by atoms with van der Waals surface area (Å²) in [6.07, 6.45) is 2.56. The summed E-state index contributed by atoms with van der Waals surface area (Å²) in [7, 11) is 2.22. The van der Waals surface area contributed by atoms with Crippen molar-refractivity contribution in [1.29, 1.82) is 0 Å². The molecule has 0 aromatic rings. The highest BCUT2D eigenvalue weighted by Gasteiger charge is 2.16. The molecule has 3 nitrogen and oxygen atoms in total. The number of nitrogens with one attached hydrogen (secondary N) is 1. The molecule has 1 heterocycles. The molecule has 0 atom stereocenters. The second-order valence-electron chi connectivity index (χ2n) is 4.93. The Hall–Kier alpha value is -0.120. The van der Waals surface area contributed by atoms with Gasteiger partial charge in [0.15, 0.2) is 0 Å². The highest BCUT2D eigenvalue weighted by atomic mass is 16.5. The number of piperidine rings is 1. The van der Waals surface area contributed by atoms with Crippen molar-refractivity contribution in [2.24, 2.45) is 5.92 Å². The minimum absolute atomic E-state index is 0.647. The maximum atomic E-state index is 5.60. The lowest BCUT2D eigenvalue weighted by atomic mass is 10.1. The van der Waals surface area contributed by atoms with Gasteiger partial charge >= 0.3 is 0 Å². The molecule has 15 heavy (non-hydrogen) atoms. The molecule has 90 valence electrons. The van der Waals surface area contributed by atoms with Gasteiger partial charge < -0.3 is 15.0 Å². The van der Waals surface area contributed by atoms with Crippen molar-refractivity contribution in [3.63, 3.8) is 0 Å². The molecular weight excluding hydrogens is 188 g/mol. The maximum Gasteiger partial charge on any atom is 0.0593 e. The van der Waals surface area contributed by atoms with E-state index in [1.807, 2.05) is 0 Å². The number of likely N-dealkylation sites (N-methyl/N-ethyl adjacent to an activating group) is 1. The van der Waals surface area contributed by atoms with Crippen LogP contribution < -0.4 is 5.32 Å². The van der Waals surface area contributed by atoms with Crippen LogP contribution in [0.3, 0.4) is 0 Å². The van der Waals surface area contributed by atoms with Crippen LogP contribution in [-0.2, 0) is 4.74 Å². The van der Waals surface area contributed by atoms with Gasteiger partial charge in [-0.2, -0.15) is 0 Å². The molecule has 0 aliphatic carbocycles. The summed E-state index contributed by atoms with van der Waals surface area (Å²) >= 11 is 0. The zero-order chi connectivity index (χ0) is 11.1. The van der Waals surface area contributed by atoms with E-state index in [0.29, 0.717) is 5.92 Å². The van der Waals surface area contributed by atoms with Crippen LogP contribution in [0.4, 0.5) is 0 Å². The van der Waals surface area contributed by atoms with E-state index in [-0.39, 0.29) is 0 Å². The van der Waals surface area contributed by atoms with Gasteiger partial charge in [0.05, 0.1) is 6.61 Å². The highest BCUT2D eigenvalue weighted by molar-refractivity contribution is 4.75. The molecule has 1 rings (SSSR count). The molecular formula is C12H26N2O. The zero-order valence-corrected chi connectivity index (χ0v) is 10.5. The van der Waals surface area contributed by atoms with E-state index in [4.69, 9.17) is 4.74 Å². The predicted molar refractivity (Wildman–Crippen MR) is 64.2 cm³/mol. The van der Waals surface area contributed by atoms with E-state index >= 15 is 0 Å². The van der Waals surface area contributed by atoms with E-state index in [1.165, 1.54) is 25.9 Å². The van der Waals surface area contributed by atoms with Crippen LogP contribution in [0.25, 0.3) is 0 Å². The van der Waals surface area contributed by atoms with E-state index in [1.54, 1.807) is 0 Å². The summed E-state index contributed by atoms with van der Waals surface area (Å²) in [5.74, 6) is 0.647. The molecule has 0 bridgehead atoms. The van der Waals surface area contributed by atoms with Crippen LogP contribution >= 0.6 is 0 Å². The van der Waals surface area contributed by atoms with Crippen LogP contribution in [0.15, 0.2) is 0 Å². The highest BCUT2D eigenvalue weighted by Crippen LogP contribution is 2.09. The molecule has 1 aliphatic heterocycles. The second kappa shape index (κ2) is 7.20. The second-order valence-corrected chi connectivity index (χ2v) is 4.93.